The summed E-state index contributed by atoms with van der Waals surface area (Å²) in [6, 6.07) is 6.03. The highest BCUT2D eigenvalue weighted by molar-refractivity contribution is 6.07. The largest absolute Gasteiger partial charge is 0.393 e. The van der Waals surface area contributed by atoms with Crippen molar-refractivity contribution in [1.29, 1.82) is 0 Å². The van der Waals surface area contributed by atoms with Gasteiger partial charge in [0.25, 0.3) is 11.6 Å². The number of pyridine rings is 1. The number of aliphatic hydroxyl groups excluding tert-OH is 1. The van der Waals surface area contributed by atoms with Crippen molar-refractivity contribution in [1.82, 2.24) is 9.88 Å². The molecule has 2 aromatic rings. The Bertz CT molecular complexity index is 808. The number of carbonyl (C=O) groups excluding carboxylic acids is 1. The average molecular weight is 343 g/mol. The maximum atomic E-state index is 12.9. The zero-order valence-electron chi connectivity index (χ0n) is 14.1. The van der Waals surface area contributed by atoms with E-state index < -0.39 is 4.92 Å². The van der Waals surface area contributed by atoms with Crippen molar-refractivity contribution in [3.8, 4) is 0 Å². The van der Waals surface area contributed by atoms with Gasteiger partial charge in [0.2, 0.25) is 0 Å². The molecule has 1 heterocycles. The number of fused-ring (bicyclic) bond motifs is 1. The Hall–Kier alpha value is -2.54. The number of non-ortho nitro benzene ring substituents is 1. The molecule has 0 aliphatic heterocycles. The van der Waals surface area contributed by atoms with E-state index in [4.69, 9.17) is 0 Å². The normalized spacial score (nSPS) is 20.4. The highest BCUT2D eigenvalue weighted by Crippen LogP contribution is 2.29. The number of nitrogens with zero attached hydrogens (tertiary/aromatic N) is 3. The van der Waals surface area contributed by atoms with Crippen LogP contribution >= 0.6 is 0 Å². The van der Waals surface area contributed by atoms with Crippen molar-refractivity contribution >= 4 is 22.5 Å². The Morgan fingerprint density at radius 2 is 2.12 bits per heavy atom. The van der Waals surface area contributed by atoms with Crippen molar-refractivity contribution < 1.29 is 14.8 Å². The highest BCUT2D eigenvalue weighted by Gasteiger charge is 2.27. The maximum Gasteiger partial charge on any atom is 0.278 e. The lowest BCUT2D eigenvalue weighted by molar-refractivity contribution is -0.383. The number of hydrogen-bond donors (Lipinski definition) is 1. The number of aliphatic hydroxyl groups is 1. The van der Waals surface area contributed by atoms with Crippen molar-refractivity contribution in [2.45, 2.75) is 31.8 Å². The molecule has 1 fully saturated rings. The summed E-state index contributed by atoms with van der Waals surface area (Å²) in [6.07, 6.45) is 4.90. The van der Waals surface area contributed by atoms with E-state index in [9.17, 15) is 20.0 Å². The van der Waals surface area contributed by atoms with Gasteiger partial charge in [-0.15, -0.1) is 0 Å². The molecule has 1 saturated carbocycles. The molecule has 1 aliphatic carbocycles. The molecule has 7 nitrogen and oxygen atoms in total. The van der Waals surface area contributed by atoms with E-state index in [1.54, 1.807) is 24.1 Å². The number of rotatable bonds is 4. The van der Waals surface area contributed by atoms with Crippen LogP contribution < -0.4 is 0 Å². The van der Waals surface area contributed by atoms with Gasteiger partial charge in [0.05, 0.1) is 27.5 Å². The summed E-state index contributed by atoms with van der Waals surface area (Å²) in [6.45, 7) is 0.464. The first-order valence-corrected chi connectivity index (χ1v) is 8.44. The Morgan fingerprint density at radius 1 is 1.36 bits per heavy atom. The van der Waals surface area contributed by atoms with Crippen molar-refractivity contribution in [3.63, 3.8) is 0 Å². The van der Waals surface area contributed by atoms with Crippen LogP contribution in [0.25, 0.3) is 10.9 Å². The predicted molar refractivity (Wildman–Crippen MR) is 93.3 cm³/mol. The van der Waals surface area contributed by atoms with Crippen LogP contribution in [0.5, 0.6) is 0 Å². The molecule has 0 saturated heterocycles. The molecule has 132 valence electrons. The molecule has 1 aromatic carbocycles. The average Bonchev–Trinajstić information content (AvgIpc) is 2.61. The van der Waals surface area contributed by atoms with Gasteiger partial charge in [-0.2, -0.15) is 0 Å². The zero-order valence-corrected chi connectivity index (χ0v) is 14.1. The fourth-order valence-electron chi connectivity index (χ4n) is 3.53. The lowest BCUT2D eigenvalue weighted by Gasteiger charge is -2.31. The lowest BCUT2D eigenvalue weighted by atomic mass is 9.86. The molecule has 25 heavy (non-hydrogen) atoms. The SMILES string of the molecule is CN(CC1CCCCC1O)C(=O)c1ccc([N+](=O)[O-])c2cccnc12. The minimum atomic E-state index is -0.472. The molecule has 1 amide bonds. The fourth-order valence-corrected chi connectivity index (χ4v) is 3.53. The van der Waals surface area contributed by atoms with E-state index in [-0.39, 0.29) is 23.6 Å². The predicted octanol–water partition coefficient (Wildman–Crippen LogP) is 2.77. The first-order valence-electron chi connectivity index (χ1n) is 8.44. The van der Waals surface area contributed by atoms with E-state index in [1.165, 1.54) is 18.3 Å². The lowest BCUT2D eigenvalue weighted by Crippen LogP contribution is -2.38. The van der Waals surface area contributed by atoms with Crippen LogP contribution in [0.15, 0.2) is 30.5 Å². The quantitative estimate of drug-likeness (QED) is 0.680. The number of hydrogen-bond acceptors (Lipinski definition) is 5. The van der Waals surface area contributed by atoms with Gasteiger partial charge in [-0.3, -0.25) is 19.9 Å². The zero-order chi connectivity index (χ0) is 18.0. The number of amides is 1. The van der Waals surface area contributed by atoms with E-state index >= 15 is 0 Å². The molecule has 1 aromatic heterocycles. The summed E-state index contributed by atoms with van der Waals surface area (Å²) < 4.78 is 0. The Labute approximate surface area is 145 Å². The highest BCUT2D eigenvalue weighted by atomic mass is 16.6. The third kappa shape index (κ3) is 3.46. The van der Waals surface area contributed by atoms with Crippen LogP contribution in [-0.2, 0) is 0 Å². The van der Waals surface area contributed by atoms with Crippen LogP contribution in [-0.4, -0.2) is 45.5 Å². The summed E-state index contributed by atoms with van der Waals surface area (Å²) >= 11 is 0. The number of carbonyl (C=O) groups is 1. The van der Waals surface area contributed by atoms with Crippen LogP contribution in [0.3, 0.4) is 0 Å². The standard InChI is InChI=1S/C18H21N3O4/c1-20(11-12-5-2-3-7-16(12)22)18(23)14-8-9-15(21(24)25)13-6-4-10-19-17(13)14/h4,6,8-10,12,16,22H,2-3,5,7,11H2,1H3. The Kier molecular flexibility index (Phi) is 4.94. The Balaban J connectivity index is 1.89. The summed E-state index contributed by atoms with van der Waals surface area (Å²) in [5.41, 5.74) is 0.608. The number of benzene rings is 1. The summed E-state index contributed by atoms with van der Waals surface area (Å²) in [4.78, 5) is 29.3. The monoisotopic (exact) mass is 343 g/mol. The van der Waals surface area contributed by atoms with E-state index in [0.29, 0.717) is 23.0 Å². The van der Waals surface area contributed by atoms with Gasteiger partial charge in [-0.1, -0.05) is 12.8 Å². The van der Waals surface area contributed by atoms with Crippen LogP contribution in [0.4, 0.5) is 5.69 Å². The molecule has 0 spiro atoms. The number of nitro groups is 1. The molecular weight excluding hydrogens is 322 g/mol. The van der Waals surface area contributed by atoms with Crippen LogP contribution in [0.2, 0.25) is 0 Å². The van der Waals surface area contributed by atoms with Gasteiger partial charge >= 0.3 is 0 Å². The molecular formula is C18H21N3O4. The number of nitro benzene ring substituents is 1. The molecule has 0 radical (unpaired) electrons. The molecule has 2 unspecified atom stereocenters. The van der Waals surface area contributed by atoms with Gasteiger partial charge in [-0.25, -0.2) is 0 Å². The summed E-state index contributed by atoms with van der Waals surface area (Å²) in [5, 5.41) is 21.6. The minimum Gasteiger partial charge on any atom is -0.393 e. The van der Waals surface area contributed by atoms with Crippen LogP contribution in [0.1, 0.15) is 36.0 Å². The van der Waals surface area contributed by atoms with Crippen LogP contribution in [0, 0.1) is 16.0 Å². The van der Waals surface area contributed by atoms with Crippen molar-refractivity contribution in [2.75, 3.05) is 13.6 Å². The van der Waals surface area contributed by atoms with Gasteiger partial charge < -0.3 is 10.0 Å². The first-order chi connectivity index (χ1) is 12.0. The van der Waals surface area contributed by atoms with Crippen molar-refractivity contribution in [2.24, 2.45) is 5.92 Å². The molecule has 0 bridgehead atoms. The topological polar surface area (TPSA) is 96.6 Å². The van der Waals surface area contributed by atoms with Gasteiger partial charge in [0.1, 0.15) is 0 Å². The minimum absolute atomic E-state index is 0.0648. The maximum absolute atomic E-state index is 12.9. The molecule has 1 aliphatic rings. The second-order valence-electron chi connectivity index (χ2n) is 6.59. The van der Waals surface area contributed by atoms with Gasteiger partial charge in [0.15, 0.2) is 0 Å². The second kappa shape index (κ2) is 7.14. The Morgan fingerprint density at radius 3 is 2.84 bits per heavy atom. The smallest absolute Gasteiger partial charge is 0.278 e. The summed E-state index contributed by atoms with van der Waals surface area (Å²) in [7, 11) is 1.69. The molecule has 3 rings (SSSR count). The van der Waals surface area contributed by atoms with Gasteiger partial charge in [0, 0.05) is 31.8 Å². The second-order valence-corrected chi connectivity index (χ2v) is 6.59. The molecule has 2 atom stereocenters. The summed E-state index contributed by atoms with van der Waals surface area (Å²) in [5.74, 6) is -0.170. The van der Waals surface area contributed by atoms with Gasteiger partial charge in [-0.05, 0) is 31.0 Å². The fraction of sp³-hybridized carbons (Fsp3) is 0.444. The van der Waals surface area contributed by atoms with E-state index in [1.807, 2.05) is 0 Å². The third-order valence-electron chi connectivity index (χ3n) is 4.90. The van der Waals surface area contributed by atoms with Crippen molar-refractivity contribution in [3.05, 3.63) is 46.1 Å². The number of aromatic nitrogens is 1. The third-order valence-corrected chi connectivity index (χ3v) is 4.90. The first kappa shape index (κ1) is 17.3. The van der Waals surface area contributed by atoms with E-state index in [0.717, 1.165) is 25.7 Å². The van der Waals surface area contributed by atoms with E-state index in [2.05, 4.69) is 4.98 Å². The molecule has 1 N–H and O–H groups in total. The molecule has 7 heteroatoms.